The van der Waals surface area contributed by atoms with Crippen LogP contribution in [0.5, 0.6) is 0 Å². The van der Waals surface area contributed by atoms with Gasteiger partial charge in [0.25, 0.3) is 5.69 Å². The van der Waals surface area contributed by atoms with E-state index < -0.39 is 4.92 Å². The van der Waals surface area contributed by atoms with Crippen LogP contribution in [0.25, 0.3) is 16.9 Å². The Kier molecular flexibility index (Phi) is 2.26. The van der Waals surface area contributed by atoms with Crippen LogP contribution in [0.4, 0.5) is 5.69 Å². The summed E-state index contributed by atoms with van der Waals surface area (Å²) in [5.41, 5.74) is 1.78. The van der Waals surface area contributed by atoms with Crippen molar-refractivity contribution in [3.63, 3.8) is 0 Å². The van der Waals surface area contributed by atoms with Gasteiger partial charge in [0.05, 0.1) is 22.8 Å². The number of fused-ring (bicyclic) bond motifs is 1. The number of imidazole rings is 1. The van der Waals surface area contributed by atoms with Crippen molar-refractivity contribution < 1.29 is 4.92 Å². The summed E-state index contributed by atoms with van der Waals surface area (Å²) in [7, 11) is 0. The van der Waals surface area contributed by atoms with Crippen molar-refractivity contribution in [3.05, 3.63) is 59.2 Å². The lowest BCUT2D eigenvalue weighted by molar-refractivity contribution is -0.384. The van der Waals surface area contributed by atoms with Gasteiger partial charge in [0.2, 0.25) is 0 Å². The summed E-state index contributed by atoms with van der Waals surface area (Å²) in [6.07, 6.45) is 6.90. The summed E-state index contributed by atoms with van der Waals surface area (Å²) in [5.74, 6) is 0.738. The molecule has 2 heterocycles. The Hall–Kier alpha value is -2.76. The molecule has 0 amide bonds. The standard InChI is InChI=1S/C12H8N4O2/c17-16(18)10-3-1-9(2-4-10)12-14-8-11-7-13-5-6-15(11)12/h1-8H. The van der Waals surface area contributed by atoms with Crippen molar-refractivity contribution in [1.29, 1.82) is 0 Å². The third-order valence-corrected chi connectivity index (χ3v) is 2.67. The minimum atomic E-state index is -0.419. The van der Waals surface area contributed by atoms with Gasteiger partial charge in [0, 0.05) is 30.1 Å². The molecule has 0 unspecified atom stereocenters. The van der Waals surface area contributed by atoms with Gasteiger partial charge in [-0.3, -0.25) is 19.5 Å². The van der Waals surface area contributed by atoms with Crippen LogP contribution in [-0.2, 0) is 0 Å². The van der Waals surface area contributed by atoms with Gasteiger partial charge < -0.3 is 0 Å². The molecule has 6 nitrogen and oxygen atoms in total. The Morgan fingerprint density at radius 2 is 1.94 bits per heavy atom. The Balaban J connectivity index is 2.12. The van der Waals surface area contributed by atoms with E-state index in [-0.39, 0.29) is 5.69 Å². The van der Waals surface area contributed by atoms with Crippen molar-refractivity contribution in [2.24, 2.45) is 0 Å². The summed E-state index contributed by atoms with van der Waals surface area (Å²) >= 11 is 0. The molecule has 0 saturated carbocycles. The van der Waals surface area contributed by atoms with Crippen molar-refractivity contribution in [1.82, 2.24) is 14.4 Å². The molecule has 0 atom stereocenters. The Bertz CT molecular complexity index is 718. The fraction of sp³-hybridized carbons (Fsp3) is 0. The molecule has 0 spiro atoms. The molecule has 0 radical (unpaired) electrons. The van der Waals surface area contributed by atoms with Crippen LogP contribution < -0.4 is 0 Å². The quantitative estimate of drug-likeness (QED) is 0.509. The van der Waals surface area contributed by atoms with Crippen molar-refractivity contribution in [3.8, 4) is 11.4 Å². The number of hydrogen-bond acceptors (Lipinski definition) is 4. The topological polar surface area (TPSA) is 73.3 Å². The average Bonchev–Trinajstić information content (AvgIpc) is 2.82. The second kappa shape index (κ2) is 3.92. The minimum absolute atomic E-state index is 0.0706. The van der Waals surface area contributed by atoms with Crippen LogP contribution in [0, 0.1) is 10.1 Å². The predicted octanol–water partition coefficient (Wildman–Crippen LogP) is 2.30. The van der Waals surface area contributed by atoms with Crippen LogP contribution in [-0.4, -0.2) is 19.3 Å². The molecule has 0 fully saturated rings. The number of nitro groups is 1. The van der Waals surface area contributed by atoms with E-state index in [1.165, 1.54) is 12.1 Å². The Morgan fingerprint density at radius 1 is 1.17 bits per heavy atom. The lowest BCUT2D eigenvalue weighted by Gasteiger charge is -2.00. The summed E-state index contributed by atoms with van der Waals surface area (Å²) in [6.45, 7) is 0. The molecule has 2 aromatic heterocycles. The zero-order chi connectivity index (χ0) is 12.5. The first-order valence-corrected chi connectivity index (χ1v) is 5.27. The first kappa shape index (κ1) is 10.4. The Morgan fingerprint density at radius 3 is 2.67 bits per heavy atom. The highest BCUT2D eigenvalue weighted by Crippen LogP contribution is 2.21. The maximum atomic E-state index is 10.6. The molecule has 1 aromatic carbocycles. The van der Waals surface area contributed by atoms with Crippen LogP contribution in [0.15, 0.2) is 49.1 Å². The number of nitrogens with zero attached hydrogens (tertiary/aromatic N) is 4. The molecule has 88 valence electrons. The van der Waals surface area contributed by atoms with E-state index in [0.717, 1.165) is 16.9 Å². The smallest absolute Gasteiger partial charge is 0.269 e. The van der Waals surface area contributed by atoms with Crippen LogP contribution in [0.1, 0.15) is 0 Å². The van der Waals surface area contributed by atoms with Gasteiger partial charge in [-0.15, -0.1) is 0 Å². The molecule has 0 saturated heterocycles. The molecule has 3 rings (SSSR count). The van der Waals surface area contributed by atoms with E-state index in [1.807, 2.05) is 4.40 Å². The number of rotatable bonds is 2. The van der Waals surface area contributed by atoms with E-state index in [4.69, 9.17) is 0 Å². The highest BCUT2D eigenvalue weighted by molar-refractivity contribution is 5.62. The lowest BCUT2D eigenvalue weighted by Crippen LogP contribution is -1.91. The monoisotopic (exact) mass is 240 g/mol. The maximum absolute atomic E-state index is 10.6. The van der Waals surface area contributed by atoms with Gasteiger partial charge in [-0.25, -0.2) is 4.98 Å². The van der Waals surface area contributed by atoms with Gasteiger partial charge in [0.1, 0.15) is 5.82 Å². The maximum Gasteiger partial charge on any atom is 0.269 e. The SMILES string of the molecule is O=[N+]([O-])c1ccc(-c2ncc3cnccn23)cc1. The number of benzene rings is 1. The molecule has 6 heteroatoms. The minimum Gasteiger partial charge on any atom is -0.297 e. The van der Waals surface area contributed by atoms with Gasteiger partial charge >= 0.3 is 0 Å². The van der Waals surface area contributed by atoms with E-state index in [9.17, 15) is 10.1 Å². The molecule has 3 aromatic rings. The third-order valence-electron chi connectivity index (χ3n) is 2.67. The van der Waals surface area contributed by atoms with Gasteiger partial charge in [-0.2, -0.15) is 0 Å². The first-order valence-electron chi connectivity index (χ1n) is 5.27. The van der Waals surface area contributed by atoms with E-state index >= 15 is 0 Å². The summed E-state index contributed by atoms with van der Waals surface area (Å²) in [6, 6.07) is 6.32. The number of aromatic nitrogens is 3. The van der Waals surface area contributed by atoms with Crippen molar-refractivity contribution in [2.75, 3.05) is 0 Å². The summed E-state index contributed by atoms with van der Waals surface area (Å²) in [4.78, 5) is 18.5. The Labute approximate surface area is 102 Å². The van der Waals surface area contributed by atoms with Gasteiger partial charge in [0.15, 0.2) is 0 Å². The van der Waals surface area contributed by atoms with Crippen molar-refractivity contribution in [2.45, 2.75) is 0 Å². The molecule has 0 aliphatic rings. The first-order chi connectivity index (χ1) is 8.75. The number of non-ortho nitro benzene ring substituents is 1. The molecule has 0 N–H and O–H groups in total. The number of nitro benzene ring substituents is 1. The fourth-order valence-electron chi connectivity index (χ4n) is 1.80. The van der Waals surface area contributed by atoms with E-state index in [1.54, 1.807) is 36.9 Å². The predicted molar refractivity (Wildman–Crippen MR) is 65.1 cm³/mol. The molecule has 0 aliphatic heterocycles. The zero-order valence-corrected chi connectivity index (χ0v) is 9.22. The fourth-order valence-corrected chi connectivity index (χ4v) is 1.80. The summed E-state index contributed by atoms with van der Waals surface area (Å²) < 4.78 is 1.88. The second-order valence-electron chi connectivity index (χ2n) is 3.76. The highest BCUT2D eigenvalue weighted by atomic mass is 16.6. The normalized spacial score (nSPS) is 10.7. The summed E-state index contributed by atoms with van der Waals surface area (Å²) in [5, 5.41) is 10.6. The van der Waals surface area contributed by atoms with Crippen LogP contribution in [0.2, 0.25) is 0 Å². The molecular formula is C12H8N4O2. The van der Waals surface area contributed by atoms with Crippen molar-refractivity contribution >= 4 is 11.2 Å². The van der Waals surface area contributed by atoms with Gasteiger partial charge in [-0.1, -0.05) is 0 Å². The average molecular weight is 240 g/mol. The van der Waals surface area contributed by atoms with E-state index in [0.29, 0.717) is 0 Å². The highest BCUT2D eigenvalue weighted by Gasteiger charge is 2.09. The molecule has 0 bridgehead atoms. The molecule has 18 heavy (non-hydrogen) atoms. The van der Waals surface area contributed by atoms with Crippen LogP contribution >= 0.6 is 0 Å². The largest absolute Gasteiger partial charge is 0.297 e. The van der Waals surface area contributed by atoms with Crippen LogP contribution in [0.3, 0.4) is 0 Å². The van der Waals surface area contributed by atoms with Gasteiger partial charge in [-0.05, 0) is 12.1 Å². The lowest BCUT2D eigenvalue weighted by atomic mass is 10.2. The zero-order valence-electron chi connectivity index (χ0n) is 9.22. The third kappa shape index (κ3) is 1.60. The second-order valence-corrected chi connectivity index (χ2v) is 3.76. The molecule has 0 aliphatic carbocycles. The number of hydrogen-bond donors (Lipinski definition) is 0. The molecular weight excluding hydrogens is 232 g/mol. The van der Waals surface area contributed by atoms with E-state index in [2.05, 4.69) is 9.97 Å².